The SMILES string of the molecule is CCN(CCn1c(=O)oc2ccccc21)c1ccc(F)c(F)c1. The summed E-state index contributed by atoms with van der Waals surface area (Å²) in [7, 11) is 0. The first kappa shape index (κ1) is 15.3. The summed E-state index contributed by atoms with van der Waals surface area (Å²) in [5, 5.41) is 0. The van der Waals surface area contributed by atoms with Crippen molar-refractivity contribution in [2.45, 2.75) is 13.5 Å². The van der Waals surface area contributed by atoms with Gasteiger partial charge in [0.05, 0.1) is 5.52 Å². The summed E-state index contributed by atoms with van der Waals surface area (Å²) in [5.74, 6) is -2.18. The average Bonchev–Trinajstić information content (AvgIpc) is 2.87. The molecule has 4 nitrogen and oxygen atoms in total. The molecule has 120 valence electrons. The quantitative estimate of drug-likeness (QED) is 0.724. The molecule has 3 rings (SSSR count). The van der Waals surface area contributed by atoms with E-state index < -0.39 is 17.4 Å². The molecule has 0 unspecified atom stereocenters. The molecule has 0 fully saturated rings. The third-order valence-corrected chi connectivity index (χ3v) is 3.82. The Labute approximate surface area is 131 Å². The maximum atomic E-state index is 13.4. The van der Waals surface area contributed by atoms with Gasteiger partial charge < -0.3 is 9.32 Å². The second-order valence-corrected chi connectivity index (χ2v) is 5.17. The highest BCUT2D eigenvalue weighted by atomic mass is 19.2. The standard InChI is InChI=1S/C17H16F2N2O2/c1-2-20(12-7-8-13(18)14(19)11-12)9-10-21-15-5-3-4-6-16(15)23-17(21)22/h3-8,11H,2,9-10H2,1H3. The van der Waals surface area contributed by atoms with Crippen molar-refractivity contribution in [3.63, 3.8) is 0 Å². The Kier molecular flexibility index (Phi) is 4.14. The number of nitrogens with zero attached hydrogens (tertiary/aromatic N) is 2. The van der Waals surface area contributed by atoms with Crippen LogP contribution in [0, 0.1) is 11.6 Å². The Bertz CT molecular complexity index is 886. The second-order valence-electron chi connectivity index (χ2n) is 5.17. The molecule has 0 N–H and O–H groups in total. The van der Waals surface area contributed by atoms with Crippen LogP contribution in [-0.2, 0) is 6.54 Å². The van der Waals surface area contributed by atoms with Crippen LogP contribution in [-0.4, -0.2) is 17.7 Å². The summed E-state index contributed by atoms with van der Waals surface area (Å²) in [5.41, 5.74) is 1.83. The predicted octanol–water partition coefficient (Wildman–Crippen LogP) is 3.40. The smallest absolute Gasteiger partial charge is 0.408 e. The number of fused-ring (bicyclic) bond motifs is 1. The van der Waals surface area contributed by atoms with E-state index >= 15 is 0 Å². The Hall–Kier alpha value is -2.63. The molecule has 0 atom stereocenters. The molecule has 0 radical (unpaired) electrons. The number of anilines is 1. The van der Waals surface area contributed by atoms with Crippen molar-refractivity contribution < 1.29 is 13.2 Å². The maximum absolute atomic E-state index is 13.4. The molecular weight excluding hydrogens is 302 g/mol. The fourth-order valence-electron chi connectivity index (χ4n) is 2.60. The van der Waals surface area contributed by atoms with Crippen LogP contribution in [0.25, 0.3) is 11.1 Å². The zero-order valence-corrected chi connectivity index (χ0v) is 12.6. The van der Waals surface area contributed by atoms with Crippen LogP contribution in [0.4, 0.5) is 14.5 Å². The molecule has 0 saturated carbocycles. The molecule has 0 bridgehead atoms. The van der Waals surface area contributed by atoms with Gasteiger partial charge in [-0.3, -0.25) is 4.57 Å². The number of para-hydroxylation sites is 2. The summed E-state index contributed by atoms with van der Waals surface area (Å²) in [6.45, 7) is 3.39. The van der Waals surface area contributed by atoms with Crippen LogP contribution in [0.15, 0.2) is 51.7 Å². The van der Waals surface area contributed by atoms with Crippen LogP contribution in [0.5, 0.6) is 0 Å². The van der Waals surface area contributed by atoms with Crippen molar-refractivity contribution in [3.05, 3.63) is 64.6 Å². The third-order valence-electron chi connectivity index (χ3n) is 3.82. The van der Waals surface area contributed by atoms with E-state index in [2.05, 4.69) is 0 Å². The summed E-state index contributed by atoms with van der Waals surface area (Å²) < 4.78 is 33.2. The highest BCUT2D eigenvalue weighted by Gasteiger charge is 2.12. The van der Waals surface area contributed by atoms with Gasteiger partial charge in [-0.05, 0) is 31.2 Å². The van der Waals surface area contributed by atoms with Gasteiger partial charge in [0.25, 0.3) is 0 Å². The largest absolute Gasteiger partial charge is 0.420 e. The van der Waals surface area contributed by atoms with Gasteiger partial charge in [0.2, 0.25) is 0 Å². The van der Waals surface area contributed by atoms with E-state index in [0.29, 0.717) is 30.9 Å². The number of aromatic nitrogens is 1. The summed E-state index contributed by atoms with van der Waals surface area (Å²) in [6.07, 6.45) is 0. The minimum atomic E-state index is -0.883. The van der Waals surface area contributed by atoms with E-state index in [0.717, 1.165) is 17.6 Å². The van der Waals surface area contributed by atoms with Crippen molar-refractivity contribution in [3.8, 4) is 0 Å². The van der Waals surface area contributed by atoms with E-state index in [1.54, 1.807) is 12.1 Å². The lowest BCUT2D eigenvalue weighted by molar-refractivity contribution is 0.501. The molecule has 0 aliphatic carbocycles. The zero-order valence-electron chi connectivity index (χ0n) is 12.6. The molecule has 6 heteroatoms. The highest BCUT2D eigenvalue weighted by Crippen LogP contribution is 2.18. The Morgan fingerprint density at radius 1 is 1.13 bits per heavy atom. The van der Waals surface area contributed by atoms with Crippen LogP contribution >= 0.6 is 0 Å². The van der Waals surface area contributed by atoms with E-state index in [-0.39, 0.29) is 0 Å². The van der Waals surface area contributed by atoms with Gasteiger partial charge in [-0.15, -0.1) is 0 Å². The third kappa shape index (κ3) is 2.97. The van der Waals surface area contributed by atoms with Crippen LogP contribution < -0.4 is 10.7 Å². The van der Waals surface area contributed by atoms with Gasteiger partial charge >= 0.3 is 5.76 Å². The Morgan fingerprint density at radius 2 is 1.91 bits per heavy atom. The lowest BCUT2D eigenvalue weighted by atomic mass is 10.2. The topological polar surface area (TPSA) is 38.4 Å². The minimum Gasteiger partial charge on any atom is -0.408 e. The fourth-order valence-corrected chi connectivity index (χ4v) is 2.60. The van der Waals surface area contributed by atoms with Crippen LogP contribution in [0.2, 0.25) is 0 Å². The molecule has 1 heterocycles. The number of rotatable bonds is 5. The molecule has 0 aliphatic rings. The van der Waals surface area contributed by atoms with Gasteiger partial charge in [0.1, 0.15) is 0 Å². The molecule has 1 aromatic heterocycles. The first-order chi connectivity index (χ1) is 11.1. The number of hydrogen-bond donors (Lipinski definition) is 0. The van der Waals surface area contributed by atoms with Gasteiger partial charge in [-0.25, -0.2) is 13.6 Å². The first-order valence-electron chi connectivity index (χ1n) is 7.38. The van der Waals surface area contributed by atoms with Gasteiger partial charge in [0, 0.05) is 31.4 Å². The molecule has 0 aliphatic heterocycles. The summed E-state index contributed by atoms with van der Waals surface area (Å²) in [6, 6.07) is 11.0. The van der Waals surface area contributed by atoms with Gasteiger partial charge in [0.15, 0.2) is 17.2 Å². The lowest BCUT2D eigenvalue weighted by Gasteiger charge is -2.23. The first-order valence-corrected chi connectivity index (χ1v) is 7.38. The predicted molar refractivity (Wildman–Crippen MR) is 84.7 cm³/mol. The molecule has 3 aromatic rings. The molecule has 0 spiro atoms. The molecule has 0 amide bonds. The number of hydrogen-bond acceptors (Lipinski definition) is 3. The van der Waals surface area contributed by atoms with Crippen molar-refractivity contribution >= 4 is 16.8 Å². The van der Waals surface area contributed by atoms with Crippen molar-refractivity contribution in [1.82, 2.24) is 4.57 Å². The van der Waals surface area contributed by atoms with Crippen molar-refractivity contribution in [2.75, 3.05) is 18.0 Å². The molecule has 23 heavy (non-hydrogen) atoms. The molecular formula is C17H16F2N2O2. The average molecular weight is 318 g/mol. The summed E-state index contributed by atoms with van der Waals surface area (Å²) in [4.78, 5) is 13.8. The van der Waals surface area contributed by atoms with E-state index in [4.69, 9.17) is 4.42 Å². The van der Waals surface area contributed by atoms with Crippen LogP contribution in [0.3, 0.4) is 0 Å². The number of benzene rings is 2. The van der Waals surface area contributed by atoms with Gasteiger partial charge in [-0.1, -0.05) is 12.1 Å². The fraction of sp³-hybridized carbons (Fsp3) is 0.235. The van der Waals surface area contributed by atoms with E-state index in [1.807, 2.05) is 24.0 Å². The normalized spacial score (nSPS) is 11.1. The molecule has 2 aromatic carbocycles. The monoisotopic (exact) mass is 318 g/mol. The Morgan fingerprint density at radius 3 is 2.65 bits per heavy atom. The molecule has 0 saturated heterocycles. The maximum Gasteiger partial charge on any atom is 0.420 e. The lowest BCUT2D eigenvalue weighted by Crippen LogP contribution is -2.29. The number of halogens is 2. The summed E-state index contributed by atoms with van der Waals surface area (Å²) >= 11 is 0. The van der Waals surface area contributed by atoms with E-state index in [1.165, 1.54) is 10.6 Å². The number of likely N-dealkylation sites (N-methyl/N-ethyl adjacent to an activating group) is 1. The zero-order chi connectivity index (χ0) is 16.4. The van der Waals surface area contributed by atoms with Gasteiger partial charge in [-0.2, -0.15) is 0 Å². The van der Waals surface area contributed by atoms with E-state index in [9.17, 15) is 13.6 Å². The second kappa shape index (κ2) is 6.24. The Balaban J connectivity index is 1.83. The van der Waals surface area contributed by atoms with Crippen LogP contribution in [0.1, 0.15) is 6.92 Å². The minimum absolute atomic E-state index is 0.392. The van der Waals surface area contributed by atoms with Crippen molar-refractivity contribution in [1.29, 1.82) is 0 Å². The number of oxazole rings is 1. The van der Waals surface area contributed by atoms with Crippen molar-refractivity contribution in [2.24, 2.45) is 0 Å². The highest BCUT2D eigenvalue weighted by molar-refractivity contribution is 5.72.